The van der Waals surface area contributed by atoms with Crippen LogP contribution in [0, 0.1) is 6.55 Å². The number of hydrogen-bond acceptors (Lipinski definition) is 2. The van der Waals surface area contributed by atoms with Crippen LogP contribution in [0.3, 0.4) is 0 Å². The number of rotatable bonds is 5. The zero-order chi connectivity index (χ0) is 18.4. The maximum atomic E-state index is 13.4. The summed E-state index contributed by atoms with van der Waals surface area (Å²) in [5.41, 5.74) is 1.04. The molecule has 5 heteroatoms. The zero-order valence-electron chi connectivity index (χ0n) is 13.7. The molecule has 0 radical (unpaired) electrons. The molecule has 0 heterocycles. The summed E-state index contributed by atoms with van der Waals surface area (Å²) >= 11 is 0. The maximum absolute atomic E-state index is 13.4. The van der Waals surface area contributed by atoms with E-state index < -0.39 is 12.5 Å². The average molecular weight is 351 g/mol. The lowest BCUT2D eigenvalue weighted by Crippen LogP contribution is -2.12. The molecule has 0 aliphatic carbocycles. The highest BCUT2D eigenvalue weighted by atomic mass is 19.3. The smallest absolute Gasteiger partial charge is 0.419 e. The van der Waals surface area contributed by atoms with Crippen LogP contribution in [0.5, 0.6) is 5.75 Å². The molecule has 3 aromatic carbocycles. The van der Waals surface area contributed by atoms with Crippen molar-refractivity contribution in [3.05, 3.63) is 103 Å². The van der Waals surface area contributed by atoms with Gasteiger partial charge in [0.2, 0.25) is 0 Å². The summed E-state index contributed by atoms with van der Waals surface area (Å²) in [5.74, 6) is -0.356. The van der Waals surface area contributed by atoms with Gasteiger partial charge >= 0.3 is 12.5 Å². The lowest BCUT2D eigenvalue weighted by molar-refractivity contribution is -0.479. The molecule has 0 spiro atoms. The van der Waals surface area contributed by atoms with Crippen molar-refractivity contribution in [3.63, 3.8) is 0 Å². The van der Waals surface area contributed by atoms with Gasteiger partial charge in [0.05, 0.1) is 11.8 Å². The quantitative estimate of drug-likeness (QED) is 0.161. The Hall–Kier alpha value is -3.47. The second kappa shape index (κ2) is 8.07. The van der Waals surface area contributed by atoms with E-state index in [1.807, 2.05) is 0 Å². The average Bonchev–Trinajstić information content (AvgIpc) is 2.68. The molecule has 0 saturated carbocycles. The highest BCUT2D eigenvalue weighted by Crippen LogP contribution is 2.23. The number of benzene rings is 3. The molecular weight excluding hydrogens is 336 g/mol. The van der Waals surface area contributed by atoms with Crippen LogP contribution in [-0.4, -0.2) is 16.8 Å². The van der Waals surface area contributed by atoms with Gasteiger partial charge in [-0.3, -0.25) is 4.58 Å². The minimum Gasteiger partial charge on any atom is -0.423 e. The van der Waals surface area contributed by atoms with E-state index in [0.717, 1.165) is 4.58 Å². The first-order valence-electron chi connectivity index (χ1n) is 7.88. The van der Waals surface area contributed by atoms with E-state index in [1.54, 1.807) is 84.9 Å². The van der Waals surface area contributed by atoms with Crippen molar-refractivity contribution in [3.8, 4) is 5.75 Å². The summed E-state index contributed by atoms with van der Waals surface area (Å²) in [4.78, 5) is 12.3. The minimum absolute atomic E-state index is 0.198. The summed E-state index contributed by atoms with van der Waals surface area (Å²) in [7, 11) is 0. The fraction of sp³-hybridized carbons (Fsp3) is 0. The number of halogens is 2. The summed E-state index contributed by atoms with van der Waals surface area (Å²) in [6.07, 6.45) is 1.23. The van der Waals surface area contributed by atoms with Gasteiger partial charge in [-0.05, 0) is 30.3 Å². The second-order valence-corrected chi connectivity index (χ2v) is 5.37. The summed E-state index contributed by atoms with van der Waals surface area (Å²) in [6.45, 7) is -1.89. The van der Waals surface area contributed by atoms with Crippen molar-refractivity contribution in [2.45, 2.75) is 0 Å². The molecule has 0 N–H and O–H groups in total. The van der Waals surface area contributed by atoms with Crippen molar-refractivity contribution in [1.29, 1.82) is 0 Å². The van der Waals surface area contributed by atoms with E-state index in [4.69, 9.17) is 4.74 Å². The first-order chi connectivity index (χ1) is 12.6. The molecule has 0 fully saturated rings. The largest absolute Gasteiger partial charge is 0.423 e. The molecule has 0 aromatic heterocycles. The van der Waals surface area contributed by atoms with Crippen LogP contribution in [0.4, 0.5) is 14.5 Å². The van der Waals surface area contributed by atoms with Gasteiger partial charge in [0, 0.05) is 5.56 Å². The Labute approximate surface area is 149 Å². The topological polar surface area (TPSA) is 29.3 Å². The third-order valence-electron chi connectivity index (χ3n) is 3.62. The first kappa shape index (κ1) is 17.4. The van der Waals surface area contributed by atoms with Crippen molar-refractivity contribution in [2.75, 3.05) is 0 Å². The first-order valence-corrected chi connectivity index (χ1v) is 7.88. The molecule has 3 rings (SSSR count). The summed E-state index contributed by atoms with van der Waals surface area (Å²) < 4.78 is 33.0. The molecule has 26 heavy (non-hydrogen) atoms. The number of para-hydroxylation sites is 2. The number of hydrogen-bond donors (Lipinski definition) is 0. The Bertz CT molecular complexity index is 910. The van der Waals surface area contributed by atoms with Crippen LogP contribution in [0.25, 0.3) is 0 Å². The number of nitrogens with zero attached hydrogens (tertiary/aromatic N) is 1. The Morgan fingerprint density at radius 2 is 1.42 bits per heavy atom. The zero-order valence-corrected chi connectivity index (χ0v) is 13.7. The highest BCUT2D eigenvalue weighted by Gasteiger charge is 2.16. The molecule has 0 bridgehead atoms. The number of esters is 1. The van der Waals surface area contributed by atoms with E-state index in [1.165, 1.54) is 6.21 Å². The number of ether oxygens (including phenoxy) is 1. The SMILES string of the molecule is O=C(Oc1ccccc1/C=[N+](/c1ccccc1)[C-](F)F)c1ccccc1. The van der Waals surface area contributed by atoms with Crippen LogP contribution in [0.15, 0.2) is 84.9 Å². The van der Waals surface area contributed by atoms with Crippen molar-refractivity contribution < 1.29 is 22.9 Å². The van der Waals surface area contributed by atoms with Gasteiger partial charge in [-0.15, -0.1) is 0 Å². The molecular formula is C21H15F2NO2. The summed E-state index contributed by atoms with van der Waals surface area (Å²) in [6, 6.07) is 23.2. The Kier molecular flexibility index (Phi) is 5.39. The molecule has 130 valence electrons. The van der Waals surface area contributed by atoms with Crippen LogP contribution in [0.1, 0.15) is 15.9 Å². The van der Waals surface area contributed by atoms with Crippen LogP contribution in [-0.2, 0) is 0 Å². The van der Waals surface area contributed by atoms with Gasteiger partial charge in [0.15, 0.2) is 0 Å². The molecule has 3 aromatic rings. The molecule has 0 aliphatic rings. The van der Waals surface area contributed by atoms with Gasteiger partial charge in [-0.25, -0.2) is 4.79 Å². The second-order valence-electron chi connectivity index (χ2n) is 5.37. The fourth-order valence-electron chi connectivity index (χ4n) is 2.36. The van der Waals surface area contributed by atoms with Gasteiger partial charge in [-0.2, -0.15) is 8.78 Å². The number of carbonyl (C=O) groups excluding carboxylic acids is 1. The third-order valence-corrected chi connectivity index (χ3v) is 3.62. The van der Waals surface area contributed by atoms with Gasteiger partial charge in [0.1, 0.15) is 11.4 Å². The number of carbonyl (C=O) groups is 1. The van der Waals surface area contributed by atoms with Crippen LogP contribution in [0.2, 0.25) is 0 Å². The molecule has 0 saturated heterocycles. The lowest BCUT2D eigenvalue weighted by atomic mass is 10.2. The molecule has 0 unspecified atom stereocenters. The molecule has 0 amide bonds. The van der Waals surface area contributed by atoms with Gasteiger partial charge in [0.25, 0.3) is 0 Å². The summed E-state index contributed by atoms with van der Waals surface area (Å²) in [5, 5.41) is 0. The standard InChI is InChI=1S/C21H15F2NO2/c22-21(23)24(18-12-5-2-6-13-18)15-17-11-7-8-14-19(17)26-20(25)16-9-3-1-4-10-16/h1-15H. The van der Waals surface area contributed by atoms with Crippen LogP contribution < -0.4 is 4.74 Å². The van der Waals surface area contributed by atoms with Crippen molar-refractivity contribution >= 4 is 17.9 Å². The van der Waals surface area contributed by atoms with E-state index in [0.29, 0.717) is 16.8 Å². The Balaban J connectivity index is 1.95. The lowest BCUT2D eigenvalue weighted by Gasteiger charge is -2.12. The predicted molar refractivity (Wildman–Crippen MR) is 94.8 cm³/mol. The predicted octanol–water partition coefficient (Wildman–Crippen LogP) is 5.05. The Morgan fingerprint density at radius 1 is 0.846 bits per heavy atom. The van der Waals surface area contributed by atoms with Crippen molar-refractivity contribution in [2.24, 2.45) is 0 Å². The van der Waals surface area contributed by atoms with E-state index in [2.05, 4.69) is 0 Å². The fourth-order valence-corrected chi connectivity index (χ4v) is 2.36. The minimum atomic E-state index is -1.89. The normalized spacial score (nSPS) is 11.1. The maximum Gasteiger partial charge on any atom is 0.419 e. The highest BCUT2D eigenvalue weighted by molar-refractivity contribution is 5.92. The van der Waals surface area contributed by atoms with Crippen LogP contribution >= 0.6 is 0 Å². The van der Waals surface area contributed by atoms with Gasteiger partial charge < -0.3 is 4.74 Å². The third kappa shape index (κ3) is 4.13. The Morgan fingerprint density at radius 3 is 2.08 bits per heavy atom. The molecule has 0 atom stereocenters. The monoisotopic (exact) mass is 351 g/mol. The van der Waals surface area contributed by atoms with E-state index >= 15 is 0 Å². The van der Waals surface area contributed by atoms with E-state index in [-0.39, 0.29) is 5.75 Å². The van der Waals surface area contributed by atoms with Gasteiger partial charge in [-0.1, -0.05) is 54.6 Å². The van der Waals surface area contributed by atoms with Crippen molar-refractivity contribution in [1.82, 2.24) is 0 Å². The molecule has 0 aliphatic heterocycles. The molecule has 3 nitrogen and oxygen atoms in total. The van der Waals surface area contributed by atoms with E-state index in [9.17, 15) is 13.6 Å².